The molecule has 13 heavy (non-hydrogen) atoms. The monoisotopic (exact) mass is 315 g/mol. The van der Waals surface area contributed by atoms with E-state index < -0.39 is 7.80 Å². The van der Waals surface area contributed by atoms with E-state index in [4.69, 9.17) is 0 Å². The van der Waals surface area contributed by atoms with E-state index in [-0.39, 0.29) is 3.16 Å². The first kappa shape index (κ1) is 13.8. The number of alkyl halides is 1. The van der Waals surface area contributed by atoms with Gasteiger partial charge in [0.2, 0.25) is 3.16 Å². The van der Waals surface area contributed by atoms with Crippen LogP contribution in [0.5, 0.6) is 0 Å². The van der Waals surface area contributed by atoms with Gasteiger partial charge in [-0.1, -0.05) is 38.2 Å². The molecular weight excluding hydrogens is 294 g/mol. The molecule has 0 bridgehead atoms. The highest BCUT2D eigenvalue weighted by molar-refractivity contribution is 14.1. The lowest BCUT2D eigenvalue weighted by atomic mass is 10.1. The fraction of sp³-hybridized carbons (Fsp3) is 1.00. The smallest absolute Gasteiger partial charge is 0.0733 e. The first-order chi connectivity index (χ1) is 6.10. The zero-order valence-electron chi connectivity index (χ0n) is 8.98. The number of hydrogen-bond acceptors (Lipinski definition) is 1. The van der Waals surface area contributed by atoms with Gasteiger partial charge in [-0.3, -0.25) is 0 Å². The number of rotatable bonds is 7. The summed E-state index contributed by atoms with van der Waals surface area (Å²) in [6.45, 7) is 6.47. The summed E-state index contributed by atoms with van der Waals surface area (Å²) in [7, 11) is -1.00. The minimum absolute atomic E-state index is 0.0899. The van der Waals surface area contributed by atoms with Crippen molar-refractivity contribution in [1.82, 2.24) is 0 Å². The molecule has 1 unspecified atom stereocenters. The summed E-state index contributed by atoms with van der Waals surface area (Å²) in [5, 5.41) is 0. The lowest BCUT2D eigenvalue weighted by Crippen LogP contribution is -2.15. The first-order valence-corrected chi connectivity index (χ1v) is 7.76. The quantitative estimate of drug-likeness (QED) is 0.369. The summed E-state index contributed by atoms with van der Waals surface area (Å²) in [5.74, 6) is 0. The van der Waals surface area contributed by atoms with Crippen LogP contribution in [0.25, 0.3) is 0 Å². The van der Waals surface area contributed by atoms with Crippen molar-refractivity contribution in [3.8, 4) is 0 Å². The van der Waals surface area contributed by atoms with Gasteiger partial charge >= 0.3 is 7.80 Å². The highest BCUT2D eigenvalue weighted by Crippen LogP contribution is 2.51. The maximum atomic E-state index is 12.0. The highest BCUT2D eigenvalue weighted by atomic mass is 127. The van der Waals surface area contributed by atoms with E-state index in [9.17, 15) is 4.57 Å². The van der Waals surface area contributed by atoms with Crippen molar-refractivity contribution in [1.29, 1.82) is 0 Å². The Morgan fingerprint density at radius 2 is 1.54 bits per heavy atom. The minimum Gasteiger partial charge on any atom is -0.0733 e. The molecule has 0 rings (SSSR count). The molecule has 0 aliphatic heterocycles. The molecule has 1 nitrogen and oxygen atoms in total. The summed E-state index contributed by atoms with van der Waals surface area (Å²) in [6, 6.07) is 0. The molecule has 0 saturated carbocycles. The zero-order chi connectivity index (χ0) is 10.3. The molecule has 1 atom stereocenters. The highest BCUT2D eigenvalue weighted by Gasteiger charge is 2.43. The molecule has 3 heteroatoms. The molecule has 0 aromatic carbocycles. The molecule has 0 heterocycles. The van der Waals surface area contributed by atoms with Gasteiger partial charge in [-0.25, -0.2) is 0 Å². The lowest BCUT2D eigenvalue weighted by Gasteiger charge is -2.15. The molecular formula is C10H21IOP+. The van der Waals surface area contributed by atoms with E-state index in [1.165, 1.54) is 0 Å². The molecule has 0 saturated heterocycles. The van der Waals surface area contributed by atoms with Crippen LogP contribution in [0.1, 0.15) is 52.9 Å². The van der Waals surface area contributed by atoms with Gasteiger partial charge in [-0.15, -0.1) is 0 Å². The van der Waals surface area contributed by atoms with Crippen molar-refractivity contribution in [2.75, 3.05) is 6.16 Å². The fourth-order valence-electron chi connectivity index (χ4n) is 1.54. The van der Waals surface area contributed by atoms with Crippen molar-refractivity contribution >= 4 is 30.4 Å². The summed E-state index contributed by atoms with van der Waals surface area (Å²) in [5.41, 5.74) is 0. The standard InChI is InChI=1S/C10H21IOP/c1-4-7-10(11,8-5-2)13(12)9-6-3/h4-9H2,1-3H3/q+1. The van der Waals surface area contributed by atoms with Gasteiger partial charge in [0, 0.05) is 12.8 Å². The van der Waals surface area contributed by atoms with Crippen molar-refractivity contribution < 1.29 is 4.57 Å². The Labute approximate surface area is 97.0 Å². The molecule has 0 aromatic rings. The van der Waals surface area contributed by atoms with Crippen LogP contribution in [-0.4, -0.2) is 9.32 Å². The molecule has 0 radical (unpaired) electrons. The fourth-order valence-corrected chi connectivity index (χ4v) is 5.10. The van der Waals surface area contributed by atoms with E-state index in [2.05, 4.69) is 43.4 Å². The van der Waals surface area contributed by atoms with E-state index in [0.29, 0.717) is 0 Å². The van der Waals surface area contributed by atoms with Crippen molar-refractivity contribution in [2.45, 2.75) is 56.0 Å². The Morgan fingerprint density at radius 1 is 1.08 bits per heavy atom. The van der Waals surface area contributed by atoms with Crippen LogP contribution in [0.4, 0.5) is 0 Å². The third kappa shape index (κ3) is 4.73. The molecule has 0 aliphatic carbocycles. The number of hydrogen-bond donors (Lipinski definition) is 0. The van der Waals surface area contributed by atoms with E-state index in [1.54, 1.807) is 0 Å². The average Bonchev–Trinajstić information content (AvgIpc) is 2.05. The molecule has 0 aliphatic rings. The van der Waals surface area contributed by atoms with Gasteiger partial charge in [0.1, 0.15) is 6.16 Å². The van der Waals surface area contributed by atoms with E-state index in [1.807, 2.05) is 0 Å². The molecule has 0 fully saturated rings. The van der Waals surface area contributed by atoms with E-state index in [0.717, 1.165) is 38.3 Å². The van der Waals surface area contributed by atoms with Gasteiger partial charge in [-0.05, 0) is 29.0 Å². The maximum absolute atomic E-state index is 12.0. The van der Waals surface area contributed by atoms with Crippen LogP contribution in [0.15, 0.2) is 0 Å². The maximum Gasteiger partial charge on any atom is 0.355 e. The molecule has 0 aromatic heterocycles. The molecule has 0 spiro atoms. The van der Waals surface area contributed by atoms with Gasteiger partial charge in [0.25, 0.3) is 0 Å². The third-order valence-electron chi connectivity index (χ3n) is 2.14. The number of halogens is 1. The van der Waals surface area contributed by atoms with Crippen molar-refractivity contribution in [3.63, 3.8) is 0 Å². The summed E-state index contributed by atoms with van der Waals surface area (Å²) >= 11 is 2.44. The van der Waals surface area contributed by atoms with Crippen molar-refractivity contribution in [2.24, 2.45) is 0 Å². The Bertz CT molecular complexity index is 153. The van der Waals surface area contributed by atoms with Gasteiger partial charge in [0.05, 0.1) is 0 Å². The summed E-state index contributed by atoms with van der Waals surface area (Å²) in [6.07, 6.45) is 6.46. The molecule has 0 amide bonds. The first-order valence-electron chi connectivity index (χ1n) is 5.24. The topological polar surface area (TPSA) is 17.1 Å². The van der Waals surface area contributed by atoms with Gasteiger partial charge in [-0.2, -0.15) is 0 Å². The Kier molecular flexibility index (Phi) is 7.62. The molecule has 0 N–H and O–H groups in total. The second kappa shape index (κ2) is 7.17. The van der Waals surface area contributed by atoms with E-state index >= 15 is 0 Å². The zero-order valence-corrected chi connectivity index (χ0v) is 12.0. The Hall–Kier alpha value is 0.830. The lowest BCUT2D eigenvalue weighted by molar-refractivity contribution is 0.553. The second-order valence-electron chi connectivity index (χ2n) is 3.52. The van der Waals surface area contributed by atoms with Crippen LogP contribution in [0.2, 0.25) is 0 Å². The third-order valence-corrected chi connectivity index (χ3v) is 7.03. The predicted molar refractivity (Wildman–Crippen MR) is 69.3 cm³/mol. The Morgan fingerprint density at radius 3 is 1.85 bits per heavy atom. The summed E-state index contributed by atoms with van der Waals surface area (Å²) < 4.78 is 12.1. The summed E-state index contributed by atoms with van der Waals surface area (Å²) in [4.78, 5) is 0. The van der Waals surface area contributed by atoms with Gasteiger partial charge < -0.3 is 0 Å². The van der Waals surface area contributed by atoms with Crippen molar-refractivity contribution in [3.05, 3.63) is 0 Å². The SMILES string of the molecule is CCC[P+](=O)C(I)(CCC)CCC. The van der Waals surface area contributed by atoms with Crippen LogP contribution in [0.3, 0.4) is 0 Å². The molecule has 78 valence electrons. The van der Waals surface area contributed by atoms with Crippen LogP contribution in [0, 0.1) is 0 Å². The van der Waals surface area contributed by atoms with Crippen LogP contribution < -0.4 is 0 Å². The largest absolute Gasteiger partial charge is 0.355 e. The normalized spacial score (nSPS) is 13.1. The minimum atomic E-state index is -1.00. The van der Waals surface area contributed by atoms with Crippen LogP contribution >= 0.6 is 30.4 Å². The Balaban J connectivity index is 4.27. The second-order valence-corrected chi connectivity index (χ2v) is 8.50. The van der Waals surface area contributed by atoms with Gasteiger partial charge in [0.15, 0.2) is 0 Å². The van der Waals surface area contributed by atoms with Crippen LogP contribution in [-0.2, 0) is 4.57 Å². The average molecular weight is 315 g/mol. The predicted octanol–water partition coefficient (Wildman–Crippen LogP) is 4.96.